The standard InChI is InChI=1S/C12H21N3O2/c1-10-4-5-11(13)12(15-10)14-6-3-7-17-9-8-16-2/h4-5H,3,6-9,13H2,1-2H3,(H,14,15). The van der Waals surface area contributed by atoms with Gasteiger partial charge in [-0.2, -0.15) is 0 Å². The van der Waals surface area contributed by atoms with Gasteiger partial charge in [-0.15, -0.1) is 0 Å². The van der Waals surface area contributed by atoms with Crippen LogP contribution in [0.5, 0.6) is 0 Å². The van der Waals surface area contributed by atoms with Gasteiger partial charge in [-0.1, -0.05) is 0 Å². The highest BCUT2D eigenvalue weighted by atomic mass is 16.5. The number of ether oxygens (including phenoxy) is 2. The Bertz CT molecular complexity index is 332. The van der Waals surface area contributed by atoms with Crippen LogP contribution in [0, 0.1) is 6.92 Å². The van der Waals surface area contributed by atoms with Crippen molar-refractivity contribution in [2.24, 2.45) is 0 Å². The van der Waals surface area contributed by atoms with Gasteiger partial charge in [0.15, 0.2) is 0 Å². The third-order valence-corrected chi connectivity index (χ3v) is 2.26. The average Bonchev–Trinajstić information content (AvgIpc) is 2.32. The van der Waals surface area contributed by atoms with Crippen LogP contribution in [0.1, 0.15) is 12.1 Å². The summed E-state index contributed by atoms with van der Waals surface area (Å²) < 4.78 is 10.2. The van der Waals surface area contributed by atoms with E-state index in [4.69, 9.17) is 15.2 Å². The van der Waals surface area contributed by atoms with E-state index < -0.39 is 0 Å². The first-order chi connectivity index (χ1) is 8.24. The molecule has 0 saturated heterocycles. The van der Waals surface area contributed by atoms with E-state index in [0.29, 0.717) is 25.5 Å². The lowest BCUT2D eigenvalue weighted by Gasteiger charge is -2.09. The first-order valence-electron chi connectivity index (χ1n) is 5.77. The van der Waals surface area contributed by atoms with E-state index in [0.717, 1.165) is 24.5 Å². The van der Waals surface area contributed by atoms with Crippen molar-refractivity contribution in [2.75, 3.05) is 44.5 Å². The number of hydrogen-bond donors (Lipinski definition) is 2. The van der Waals surface area contributed by atoms with Crippen LogP contribution in [0.15, 0.2) is 12.1 Å². The first-order valence-corrected chi connectivity index (χ1v) is 5.77. The van der Waals surface area contributed by atoms with Crippen molar-refractivity contribution in [3.63, 3.8) is 0 Å². The number of pyridine rings is 1. The number of aromatic nitrogens is 1. The molecule has 0 radical (unpaired) electrons. The lowest BCUT2D eigenvalue weighted by Crippen LogP contribution is -2.10. The minimum atomic E-state index is 0.639. The number of nitrogens with two attached hydrogens (primary N) is 1. The first kappa shape index (κ1) is 13.7. The molecule has 0 unspecified atom stereocenters. The predicted octanol–water partition coefficient (Wildman–Crippen LogP) is 1.44. The van der Waals surface area contributed by atoms with Crippen molar-refractivity contribution >= 4 is 11.5 Å². The largest absolute Gasteiger partial charge is 0.396 e. The van der Waals surface area contributed by atoms with Crippen molar-refractivity contribution in [3.05, 3.63) is 17.8 Å². The van der Waals surface area contributed by atoms with Gasteiger partial charge in [-0.05, 0) is 25.5 Å². The summed E-state index contributed by atoms with van der Waals surface area (Å²) in [6, 6.07) is 3.76. The summed E-state index contributed by atoms with van der Waals surface area (Å²) in [4.78, 5) is 4.32. The molecule has 0 fully saturated rings. The van der Waals surface area contributed by atoms with Crippen LogP contribution >= 0.6 is 0 Å². The van der Waals surface area contributed by atoms with E-state index >= 15 is 0 Å². The maximum Gasteiger partial charge on any atom is 0.149 e. The maximum absolute atomic E-state index is 5.80. The highest BCUT2D eigenvalue weighted by Gasteiger charge is 1.99. The molecule has 1 aromatic heterocycles. The molecule has 1 heterocycles. The molecule has 0 atom stereocenters. The third-order valence-electron chi connectivity index (χ3n) is 2.26. The van der Waals surface area contributed by atoms with E-state index in [1.54, 1.807) is 7.11 Å². The van der Waals surface area contributed by atoms with Crippen molar-refractivity contribution in [3.8, 4) is 0 Å². The predicted molar refractivity (Wildman–Crippen MR) is 69.2 cm³/mol. The second kappa shape index (κ2) is 7.86. The molecule has 1 aromatic rings. The van der Waals surface area contributed by atoms with E-state index in [1.807, 2.05) is 19.1 Å². The van der Waals surface area contributed by atoms with Crippen LogP contribution in [-0.4, -0.2) is 38.5 Å². The molecule has 17 heavy (non-hydrogen) atoms. The summed E-state index contributed by atoms with van der Waals surface area (Å²) in [6.45, 7) is 4.73. The lowest BCUT2D eigenvalue weighted by molar-refractivity contribution is 0.0705. The molecule has 1 rings (SSSR count). The Morgan fingerprint density at radius 3 is 2.88 bits per heavy atom. The molecule has 5 nitrogen and oxygen atoms in total. The van der Waals surface area contributed by atoms with Crippen LogP contribution in [0.4, 0.5) is 11.5 Å². The SMILES string of the molecule is COCCOCCCNc1nc(C)ccc1N. The molecule has 3 N–H and O–H groups in total. The molecule has 96 valence electrons. The molecule has 0 aliphatic rings. The van der Waals surface area contributed by atoms with Gasteiger partial charge < -0.3 is 20.5 Å². The molecule has 0 aliphatic heterocycles. The number of hydrogen-bond acceptors (Lipinski definition) is 5. The fourth-order valence-electron chi connectivity index (χ4n) is 1.33. The minimum Gasteiger partial charge on any atom is -0.396 e. The number of methoxy groups -OCH3 is 1. The average molecular weight is 239 g/mol. The third kappa shape index (κ3) is 5.51. The highest BCUT2D eigenvalue weighted by molar-refractivity contribution is 5.61. The van der Waals surface area contributed by atoms with E-state index in [1.165, 1.54) is 0 Å². The molecule has 5 heteroatoms. The van der Waals surface area contributed by atoms with Crippen LogP contribution < -0.4 is 11.1 Å². The van der Waals surface area contributed by atoms with Gasteiger partial charge in [0.1, 0.15) is 5.82 Å². The van der Waals surface area contributed by atoms with Gasteiger partial charge in [0.05, 0.1) is 18.9 Å². The number of rotatable bonds is 8. The zero-order valence-corrected chi connectivity index (χ0v) is 10.5. The number of aryl methyl sites for hydroxylation is 1. The molecule has 0 bridgehead atoms. The maximum atomic E-state index is 5.80. The van der Waals surface area contributed by atoms with E-state index in [-0.39, 0.29) is 0 Å². The summed E-state index contributed by atoms with van der Waals surface area (Å²) in [5.41, 5.74) is 7.43. The Morgan fingerprint density at radius 1 is 1.29 bits per heavy atom. The zero-order chi connectivity index (χ0) is 12.5. The van der Waals surface area contributed by atoms with Crippen molar-refractivity contribution in [2.45, 2.75) is 13.3 Å². The quantitative estimate of drug-likeness (QED) is 0.672. The van der Waals surface area contributed by atoms with Gasteiger partial charge in [0.2, 0.25) is 0 Å². The number of nitrogens with one attached hydrogen (secondary N) is 1. The van der Waals surface area contributed by atoms with Crippen molar-refractivity contribution < 1.29 is 9.47 Å². The Hall–Kier alpha value is -1.33. The normalized spacial score (nSPS) is 10.5. The molecule has 0 aliphatic carbocycles. The Balaban J connectivity index is 2.15. The van der Waals surface area contributed by atoms with Crippen LogP contribution in [0.2, 0.25) is 0 Å². The second-order valence-corrected chi connectivity index (χ2v) is 3.78. The Morgan fingerprint density at radius 2 is 2.12 bits per heavy atom. The van der Waals surface area contributed by atoms with Gasteiger partial charge in [0.25, 0.3) is 0 Å². The van der Waals surface area contributed by atoms with Gasteiger partial charge in [-0.3, -0.25) is 0 Å². The number of anilines is 2. The Kier molecular flexibility index (Phi) is 6.35. The zero-order valence-electron chi connectivity index (χ0n) is 10.5. The fourth-order valence-corrected chi connectivity index (χ4v) is 1.33. The topological polar surface area (TPSA) is 69.4 Å². The van der Waals surface area contributed by atoms with Crippen LogP contribution in [0.25, 0.3) is 0 Å². The van der Waals surface area contributed by atoms with Crippen LogP contribution in [-0.2, 0) is 9.47 Å². The summed E-state index contributed by atoms with van der Waals surface area (Å²) in [5, 5.41) is 3.20. The number of nitrogen functional groups attached to an aromatic ring is 1. The molecule has 0 saturated carbocycles. The minimum absolute atomic E-state index is 0.639. The van der Waals surface area contributed by atoms with Gasteiger partial charge in [0, 0.05) is 26.0 Å². The summed E-state index contributed by atoms with van der Waals surface area (Å²) >= 11 is 0. The van der Waals surface area contributed by atoms with E-state index in [9.17, 15) is 0 Å². The smallest absolute Gasteiger partial charge is 0.149 e. The summed E-state index contributed by atoms with van der Waals surface area (Å²) in [7, 11) is 1.66. The number of nitrogens with zero attached hydrogens (tertiary/aromatic N) is 1. The van der Waals surface area contributed by atoms with Crippen molar-refractivity contribution in [1.82, 2.24) is 4.98 Å². The summed E-state index contributed by atoms with van der Waals surface area (Å²) in [6.07, 6.45) is 0.915. The molecule has 0 aromatic carbocycles. The van der Waals surface area contributed by atoms with Crippen LogP contribution in [0.3, 0.4) is 0 Å². The van der Waals surface area contributed by atoms with E-state index in [2.05, 4.69) is 10.3 Å². The van der Waals surface area contributed by atoms with Gasteiger partial charge in [-0.25, -0.2) is 4.98 Å². The molecular weight excluding hydrogens is 218 g/mol. The molecule has 0 spiro atoms. The Labute approximate surface area is 102 Å². The fraction of sp³-hybridized carbons (Fsp3) is 0.583. The van der Waals surface area contributed by atoms with Crippen molar-refractivity contribution in [1.29, 1.82) is 0 Å². The molecule has 0 amide bonds. The lowest BCUT2D eigenvalue weighted by atomic mass is 10.3. The monoisotopic (exact) mass is 239 g/mol. The second-order valence-electron chi connectivity index (χ2n) is 3.78. The van der Waals surface area contributed by atoms with Gasteiger partial charge >= 0.3 is 0 Å². The molecular formula is C12H21N3O2. The highest BCUT2D eigenvalue weighted by Crippen LogP contribution is 2.14. The summed E-state index contributed by atoms with van der Waals surface area (Å²) in [5.74, 6) is 0.752.